The van der Waals surface area contributed by atoms with Crippen molar-refractivity contribution in [3.63, 3.8) is 0 Å². The van der Waals surface area contributed by atoms with Crippen LogP contribution in [0.5, 0.6) is 5.75 Å². The van der Waals surface area contributed by atoms with Crippen LogP contribution in [0.2, 0.25) is 5.02 Å². The molecule has 1 aliphatic carbocycles. The van der Waals surface area contributed by atoms with Crippen LogP contribution in [-0.4, -0.2) is 23.6 Å². The van der Waals surface area contributed by atoms with E-state index in [1.54, 1.807) is 11.8 Å². The summed E-state index contributed by atoms with van der Waals surface area (Å²) in [5.41, 5.74) is 2.06. The van der Waals surface area contributed by atoms with Crippen LogP contribution in [0.4, 0.5) is 0 Å². The minimum Gasteiger partial charge on any atom is -0.481 e. The third-order valence-corrected chi connectivity index (χ3v) is 5.45. The maximum absolute atomic E-state index is 10.9. The van der Waals surface area contributed by atoms with E-state index in [9.17, 15) is 4.79 Å². The Bertz CT molecular complexity index is 557. The lowest BCUT2D eigenvalue weighted by molar-refractivity contribution is -0.138. The molecule has 1 N–H and O–H groups in total. The van der Waals surface area contributed by atoms with Gasteiger partial charge in [-0.1, -0.05) is 11.6 Å². The Morgan fingerprint density at radius 1 is 1.43 bits per heavy atom. The monoisotopic (exact) mass is 328 g/mol. The molecule has 1 aromatic rings. The SMILES string of the molecule is O=C(O)CC1(CSCc2cc(Cl)cc3c2OCOC3)CC1. The number of benzene rings is 1. The van der Waals surface area contributed by atoms with Crippen LogP contribution in [0.15, 0.2) is 12.1 Å². The first-order chi connectivity index (χ1) is 10.1. The van der Waals surface area contributed by atoms with Crippen molar-refractivity contribution in [1.29, 1.82) is 0 Å². The molecule has 0 atom stereocenters. The Morgan fingerprint density at radius 3 is 2.95 bits per heavy atom. The first-order valence-electron chi connectivity index (χ1n) is 6.89. The Kier molecular flexibility index (Phi) is 4.33. The number of ether oxygens (including phenoxy) is 2. The highest BCUT2D eigenvalue weighted by molar-refractivity contribution is 7.98. The summed E-state index contributed by atoms with van der Waals surface area (Å²) in [6, 6.07) is 3.80. The standard InChI is InChI=1S/C15H17ClO4S/c16-12-3-10-6-19-9-20-14(10)11(4-12)7-21-8-15(1-2-15)5-13(17)18/h3-4H,1-2,5-9H2,(H,17,18). The highest BCUT2D eigenvalue weighted by Crippen LogP contribution is 2.51. The smallest absolute Gasteiger partial charge is 0.303 e. The lowest BCUT2D eigenvalue weighted by atomic mass is 10.1. The Labute approximate surface area is 132 Å². The van der Waals surface area contributed by atoms with E-state index in [2.05, 4.69) is 0 Å². The van der Waals surface area contributed by atoms with Crippen molar-refractivity contribution < 1.29 is 19.4 Å². The number of halogens is 1. The summed E-state index contributed by atoms with van der Waals surface area (Å²) < 4.78 is 10.8. The highest BCUT2D eigenvalue weighted by Gasteiger charge is 2.44. The van der Waals surface area contributed by atoms with Crippen LogP contribution in [0.3, 0.4) is 0 Å². The first-order valence-corrected chi connectivity index (χ1v) is 8.43. The van der Waals surface area contributed by atoms with Gasteiger partial charge in [0.1, 0.15) is 5.75 Å². The molecule has 21 heavy (non-hydrogen) atoms. The fourth-order valence-corrected chi connectivity index (χ4v) is 4.23. The molecule has 6 heteroatoms. The number of fused-ring (bicyclic) bond motifs is 1. The molecule has 1 heterocycles. The van der Waals surface area contributed by atoms with Gasteiger partial charge < -0.3 is 14.6 Å². The fraction of sp³-hybridized carbons (Fsp3) is 0.533. The number of hydrogen-bond donors (Lipinski definition) is 1. The van der Waals surface area contributed by atoms with E-state index in [1.165, 1.54) is 0 Å². The summed E-state index contributed by atoms with van der Waals surface area (Å²) in [7, 11) is 0. The lowest BCUT2D eigenvalue weighted by Crippen LogP contribution is -2.13. The van der Waals surface area contributed by atoms with E-state index in [-0.39, 0.29) is 18.6 Å². The quantitative estimate of drug-likeness (QED) is 0.863. The molecule has 0 saturated heterocycles. The van der Waals surface area contributed by atoms with Gasteiger partial charge in [-0.15, -0.1) is 0 Å². The summed E-state index contributed by atoms with van der Waals surface area (Å²) in [5.74, 6) is 1.83. The van der Waals surface area contributed by atoms with Crippen molar-refractivity contribution in [3.05, 3.63) is 28.3 Å². The highest BCUT2D eigenvalue weighted by atomic mass is 35.5. The first kappa shape index (κ1) is 15.0. The van der Waals surface area contributed by atoms with Crippen molar-refractivity contribution in [2.24, 2.45) is 5.41 Å². The summed E-state index contributed by atoms with van der Waals surface area (Å²) in [4.78, 5) is 10.9. The average Bonchev–Trinajstić information content (AvgIpc) is 3.17. The number of rotatable bonds is 6. The molecule has 1 aliphatic heterocycles. The molecule has 1 saturated carbocycles. The molecule has 0 bridgehead atoms. The Morgan fingerprint density at radius 2 is 2.24 bits per heavy atom. The van der Waals surface area contributed by atoms with Gasteiger partial charge in [-0.2, -0.15) is 11.8 Å². The van der Waals surface area contributed by atoms with Gasteiger partial charge in [0.15, 0.2) is 6.79 Å². The van der Waals surface area contributed by atoms with Gasteiger partial charge in [0.2, 0.25) is 0 Å². The molecule has 1 fully saturated rings. The third kappa shape index (κ3) is 3.65. The zero-order valence-electron chi connectivity index (χ0n) is 11.6. The van der Waals surface area contributed by atoms with Crippen LogP contribution in [0, 0.1) is 5.41 Å². The molecular formula is C15H17ClO4S. The van der Waals surface area contributed by atoms with Crippen molar-refractivity contribution in [1.82, 2.24) is 0 Å². The van der Waals surface area contributed by atoms with Crippen LogP contribution >= 0.6 is 23.4 Å². The molecular weight excluding hydrogens is 312 g/mol. The van der Waals surface area contributed by atoms with Gasteiger partial charge in [0.05, 0.1) is 13.0 Å². The molecule has 2 aliphatic rings. The van der Waals surface area contributed by atoms with Crippen molar-refractivity contribution >= 4 is 29.3 Å². The van der Waals surface area contributed by atoms with E-state index in [1.807, 2.05) is 12.1 Å². The Hall–Kier alpha value is -0.910. The summed E-state index contributed by atoms with van der Waals surface area (Å²) in [6.45, 7) is 0.797. The van der Waals surface area contributed by atoms with Gasteiger partial charge in [0, 0.05) is 21.9 Å². The van der Waals surface area contributed by atoms with E-state index in [0.717, 1.165) is 41.2 Å². The molecule has 0 unspecified atom stereocenters. The van der Waals surface area contributed by atoms with Gasteiger partial charge >= 0.3 is 5.97 Å². The minimum absolute atomic E-state index is 0.0130. The van der Waals surface area contributed by atoms with Gasteiger partial charge in [0.25, 0.3) is 0 Å². The topological polar surface area (TPSA) is 55.8 Å². The zero-order chi connectivity index (χ0) is 14.9. The molecule has 0 radical (unpaired) electrons. The number of aliphatic carboxylic acids is 1. The molecule has 1 aromatic carbocycles. The number of hydrogen-bond acceptors (Lipinski definition) is 4. The molecule has 0 spiro atoms. The van der Waals surface area contributed by atoms with Crippen LogP contribution in [0.25, 0.3) is 0 Å². The van der Waals surface area contributed by atoms with E-state index < -0.39 is 5.97 Å². The zero-order valence-corrected chi connectivity index (χ0v) is 13.1. The van der Waals surface area contributed by atoms with Crippen LogP contribution < -0.4 is 4.74 Å². The normalized spacial score (nSPS) is 18.7. The predicted octanol–water partition coefficient (Wildman–Crippen LogP) is 3.69. The van der Waals surface area contributed by atoms with Crippen molar-refractivity contribution in [2.75, 3.05) is 12.5 Å². The summed E-state index contributed by atoms with van der Waals surface area (Å²) in [5, 5.41) is 9.62. The maximum atomic E-state index is 10.9. The van der Waals surface area contributed by atoms with Crippen LogP contribution in [-0.2, 0) is 21.9 Å². The summed E-state index contributed by atoms with van der Waals surface area (Å²) in [6.07, 6.45) is 2.31. The van der Waals surface area contributed by atoms with Crippen molar-refractivity contribution in [2.45, 2.75) is 31.6 Å². The van der Waals surface area contributed by atoms with Gasteiger partial charge in [-0.25, -0.2) is 0 Å². The largest absolute Gasteiger partial charge is 0.481 e. The third-order valence-electron chi connectivity index (χ3n) is 3.90. The molecule has 4 nitrogen and oxygen atoms in total. The lowest BCUT2D eigenvalue weighted by Gasteiger charge is -2.21. The Balaban J connectivity index is 1.63. The van der Waals surface area contributed by atoms with Gasteiger partial charge in [-0.3, -0.25) is 4.79 Å². The van der Waals surface area contributed by atoms with E-state index >= 15 is 0 Å². The van der Waals surface area contributed by atoms with Gasteiger partial charge in [-0.05, 0) is 36.1 Å². The van der Waals surface area contributed by atoms with E-state index in [4.69, 9.17) is 26.2 Å². The second kappa shape index (κ2) is 6.07. The minimum atomic E-state index is -0.700. The fourth-order valence-electron chi connectivity index (χ4n) is 2.61. The number of carboxylic acids is 1. The van der Waals surface area contributed by atoms with Crippen LogP contribution in [0.1, 0.15) is 30.4 Å². The molecule has 0 amide bonds. The number of thioether (sulfide) groups is 1. The summed E-state index contributed by atoms with van der Waals surface area (Å²) >= 11 is 7.89. The predicted molar refractivity (Wildman–Crippen MR) is 81.8 cm³/mol. The van der Waals surface area contributed by atoms with Crippen molar-refractivity contribution in [3.8, 4) is 5.75 Å². The molecule has 3 rings (SSSR count). The number of carboxylic acid groups (broad SMARTS) is 1. The maximum Gasteiger partial charge on any atom is 0.303 e. The van der Waals surface area contributed by atoms with E-state index in [0.29, 0.717) is 11.6 Å². The molecule has 114 valence electrons. The molecule has 0 aromatic heterocycles. The average molecular weight is 329 g/mol. The second-order valence-corrected chi connectivity index (χ2v) is 7.15. The second-order valence-electron chi connectivity index (χ2n) is 5.73. The number of carbonyl (C=O) groups is 1.